The van der Waals surface area contributed by atoms with E-state index in [1.165, 1.54) is 0 Å². The number of carbonyl (C=O) groups excluding carboxylic acids is 1. The maximum Gasteiger partial charge on any atom is 0.433 e. The minimum absolute atomic E-state index is 0.00735. The number of hydrogen-bond donors (Lipinski definition) is 1. The van der Waals surface area contributed by atoms with Crippen molar-refractivity contribution in [1.82, 2.24) is 19.5 Å². The Kier molecular flexibility index (Phi) is 4.56. The fourth-order valence-electron chi connectivity index (χ4n) is 5.69. The van der Waals surface area contributed by atoms with E-state index in [9.17, 15) is 31.6 Å². The van der Waals surface area contributed by atoms with E-state index in [0.29, 0.717) is 44.6 Å². The van der Waals surface area contributed by atoms with Crippen LogP contribution in [0.15, 0.2) is 12.3 Å². The first-order chi connectivity index (χ1) is 14.9. The lowest BCUT2D eigenvalue weighted by atomic mass is 9.56. The molecule has 1 aromatic rings. The van der Waals surface area contributed by atoms with Gasteiger partial charge in [-0.2, -0.15) is 18.4 Å². The van der Waals surface area contributed by atoms with Gasteiger partial charge in [-0.05, 0) is 43.2 Å². The van der Waals surface area contributed by atoms with Crippen molar-refractivity contribution in [2.75, 3.05) is 31.9 Å². The van der Waals surface area contributed by atoms with Gasteiger partial charge in [-0.3, -0.25) is 4.98 Å². The molecule has 4 heterocycles. The van der Waals surface area contributed by atoms with Crippen LogP contribution in [0.2, 0.25) is 0 Å². The van der Waals surface area contributed by atoms with Crippen LogP contribution in [0.3, 0.4) is 0 Å². The first-order valence-electron chi connectivity index (χ1n) is 10.4. The third-order valence-corrected chi connectivity index (χ3v) is 8.64. The highest BCUT2D eigenvalue weighted by Crippen LogP contribution is 2.53. The molecule has 2 amide bonds. The second-order valence-corrected chi connectivity index (χ2v) is 11.6. The summed E-state index contributed by atoms with van der Waals surface area (Å²) in [5.41, 5.74) is -0.976. The number of rotatable bonds is 2. The van der Waals surface area contributed by atoms with Gasteiger partial charge in [0.05, 0.1) is 22.9 Å². The predicted molar refractivity (Wildman–Crippen MR) is 106 cm³/mol. The number of halogens is 3. The summed E-state index contributed by atoms with van der Waals surface area (Å²) in [6.45, 7) is 2.06. The topological polar surface area (TPSA) is 106 Å². The minimum Gasteiger partial charge on any atom is -0.323 e. The number of nitriles is 1. The highest BCUT2D eigenvalue weighted by Gasteiger charge is 2.57. The van der Waals surface area contributed by atoms with Crippen molar-refractivity contribution in [2.45, 2.75) is 37.4 Å². The van der Waals surface area contributed by atoms with Crippen LogP contribution in [-0.4, -0.2) is 66.7 Å². The Morgan fingerprint density at radius 2 is 1.91 bits per heavy atom. The molecule has 8 nitrogen and oxygen atoms in total. The van der Waals surface area contributed by atoms with Gasteiger partial charge in [0, 0.05) is 37.8 Å². The van der Waals surface area contributed by atoms with E-state index in [0.717, 1.165) is 25.1 Å². The molecule has 0 aromatic carbocycles. The molecule has 5 rings (SSSR count). The van der Waals surface area contributed by atoms with Gasteiger partial charge in [0.15, 0.2) is 0 Å². The summed E-state index contributed by atoms with van der Waals surface area (Å²) >= 11 is 0. The molecule has 1 saturated carbocycles. The van der Waals surface area contributed by atoms with Crippen molar-refractivity contribution < 1.29 is 26.4 Å². The third-order valence-electron chi connectivity index (χ3n) is 7.15. The van der Waals surface area contributed by atoms with Crippen LogP contribution in [0, 0.1) is 22.7 Å². The van der Waals surface area contributed by atoms with Gasteiger partial charge in [-0.15, -0.1) is 0 Å². The Balaban J connectivity index is 1.11. The molecule has 0 unspecified atom stereocenters. The Hall–Kier alpha value is -2.39. The number of aromatic nitrogens is 1. The molecule has 0 bridgehead atoms. The molecule has 0 radical (unpaired) electrons. The zero-order chi connectivity index (χ0) is 22.9. The molecule has 1 aromatic heterocycles. The van der Waals surface area contributed by atoms with Crippen LogP contribution in [-0.2, 0) is 22.6 Å². The van der Waals surface area contributed by atoms with Crippen molar-refractivity contribution in [3.05, 3.63) is 29.1 Å². The summed E-state index contributed by atoms with van der Waals surface area (Å²) in [7, 11) is -3.22. The zero-order valence-electron chi connectivity index (χ0n) is 17.2. The van der Waals surface area contributed by atoms with Gasteiger partial charge >= 0.3 is 12.2 Å². The minimum atomic E-state index is -4.58. The summed E-state index contributed by atoms with van der Waals surface area (Å²) in [5.74, 6) is 0.351. The number of nitrogens with zero attached hydrogens (tertiary/aromatic N) is 4. The average Bonchev–Trinajstić information content (AvgIpc) is 2.96. The van der Waals surface area contributed by atoms with E-state index in [2.05, 4.69) is 9.71 Å². The molecule has 172 valence electrons. The molecule has 1 aliphatic carbocycles. The van der Waals surface area contributed by atoms with Crippen molar-refractivity contribution >= 4 is 16.1 Å². The van der Waals surface area contributed by atoms with Gasteiger partial charge in [0.1, 0.15) is 5.69 Å². The van der Waals surface area contributed by atoms with Crippen LogP contribution in [0.4, 0.5) is 18.0 Å². The number of hydrogen-bond acceptors (Lipinski definition) is 5. The number of pyridine rings is 1. The molecule has 32 heavy (non-hydrogen) atoms. The van der Waals surface area contributed by atoms with E-state index >= 15 is 0 Å². The fraction of sp³-hybridized carbons (Fsp3) is 0.650. The molecule has 0 atom stereocenters. The van der Waals surface area contributed by atoms with Gasteiger partial charge in [-0.1, -0.05) is 0 Å². The lowest BCUT2D eigenvalue weighted by Gasteiger charge is -2.61. The lowest BCUT2D eigenvalue weighted by Crippen LogP contribution is -2.73. The van der Waals surface area contributed by atoms with Gasteiger partial charge in [0.25, 0.3) is 0 Å². The smallest absolute Gasteiger partial charge is 0.323 e. The molecule has 2 spiro atoms. The number of amides is 2. The number of carbonyl (C=O) groups is 1. The van der Waals surface area contributed by atoms with Gasteiger partial charge < -0.3 is 9.80 Å². The van der Waals surface area contributed by atoms with Crippen molar-refractivity contribution in [1.29, 1.82) is 5.26 Å². The standard InChI is InChI=1S/C20H22F3N5O3S/c21-20(22,23)16-4-14(7-24)15(8-25-16)3-13-5-18(6-13)9-27(10-18)17(29)28-11-19(12-28)1-2-32(30,31)26-19/h4,8,13,26H,1-3,5-6,9-12H2. The van der Waals surface area contributed by atoms with Crippen LogP contribution >= 0.6 is 0 Å². The Labute approximate surface area is 183 Å². The zero-order valence-corrected chi connectivity index (χ0v) is 18.0. The highest BCUT2D eigenvalue weighted by atomic mass is 32.2. The first-order valence-corrected chi connectivity index (χ1v) is 12.1. The van der Waals surface area contributed by atoms with Gasteiger partial charge in [-0.25, -0.2) is 17.9 Å². The molecule has 4 aliphatic rings. The number of alkyl halides is 3. The van der Waals surface area contributed by atoms with Crippen LogP contribution < -0.4 is 4.72 Å². The van der Waals surface area contributed by atoms with Gasteiger partial charge in [0.2, 0.25) is 10.0 Å². The lowest BCUT2D eigenvalue weighted by molar-refractivity contribution is -0.141. The number of nitrogens with one attached hydrogen (secondary N) is 1. The third kappa shape index (κ3) is 3.61. The maximum absolute atomic E-state index is 12.8. The Morgan fingerprint density at radius 3 is 2.47 bits per heavy atom. The first kappa shape index (κ1) is 21.5. The summed E-state index contributed by atoms with van der Waals surface area (Å²) in [5, 5.41) is 9.22. The van der Waals surface area contributed by atoms with Crippen molar-refractivity contribution in [3.8, 4) is 6.07 Å². The van der Waals surface area contributed by atoms with Crippen LogP contribution in [0.1, 0.15) is 36.1 Å². The normalized spacial score (nSPS) is 25.2. The summed E-state index contributed by atoms with van der Waals surface area (Å²) < 4.78 is 64.3. The Bertz CT molecular complexity index is 1110. The van der Waals surface area contributed by atoms with Crippen LogP contribution in [0.5, 0.6) is 0 Å². The summed E-state index contributed by atoms with van der Waals surface area (Å²) in [6.07, 6.45) is -0.698. The average molecular weight is 469 g/mol. The molecule has 1 N–H and O–H groups in total. The molecular formula is C20H22F3N5O3S. The molecule has 12 heteroatoms. The monoisotopic (exact) mass is 469 g/mol. The number of sulfonamides is 1. The number of urea groups is 1. The predicted octanol–water partition coefficient (Wildman–Crippen LogP) is 1.72. The molecular weight excluding hydrogens is 447 g/mol. The quantitative estimate of drug-likeness (QED) is 0.710. The van der Waals surface area contributed by atoms with E-state index in [1.54, 1.807) is 9.80 Å². The fourth-order valence-corrected chi connectivity index (χ4v) is 7.34. The molecule has 3 aliphatic heterocycles. The SMILES string of the molecule is N#Cc1cc(C(F)(F)F)ncc1CC1CC2(C1)CN(C(=O)N1CC3(CCS(=O)(=O)N3)C1)C2. The Morgan fingerprint density at radius 1 is 1.25 bits per heavy atom. The maximum atomic E-state index is 12.8. The van der Waals surface area contributed by atoms with Crippen molar-refractivity contribution in [3.63, 3.8) is 0 Å². The number of likely N-dealkylation sites (tertiary alicyclic amines) is 2. The second kappa shape index (κ2) is 6.81. The van der Waals surface area contributed by atoms with Crippen molar-refractivity contribution in [2.24, 2.45) is 11.3 Å². The summed E-state index contributed by atoms with van der Waals surface area (Å²) in [4.78, 5) is 19.6. The molecule has 4 fully saturated rings. The molecule has 3 saturated heterocycles. The highest BCUT2D eigenvalue weighted by molar-refractivity contribution is 7.89. The van der Waals surface area contributed by atoms with E-state index in [4.69, 9.17) is 0 Å². The van der Waals surface area contributed by atoms with E-state index < -0.39 is 27.4 Å². The summed E-state index contributed by atoms with van der Waals surface area (Å²) in [6, 6.07) is 2.57. The second-order valence-electron chi connectivity index (χ2n) is 9.76. The largest absolute Gasteiger partial charge is 0.433 e. The van der Waals surface area contributed by atoms with E-state index in [1.807, 2.05) is 6.07 Å². The van der Waals surface area contributed by atoms with E-state index in [-0.39, 0.29) is 28.7 Å². The van der Waals surface area contributed by atoms with Crippen LogP contribution in [0.25, 0.3) is 0 Å².